The van der Waals surface area contributed by atoms with Gasteiger partial charge in [-0.1, -0.05) is 28.5 Å². The number of rotatable bonds is 4. The van der Waals surface area contributed by atoms with E-state index < -0.39 is 0 Å². The van der Waals surface area contributed by atoms with Crippen molar-refractivity contribution in [2.45, 2.75) is 0 Å². The molecule has 0 heterocycles. The van der Waals surface area contributed by atoms with Gasteiger partial charge in [0.15, 0.2) is 0 Å². The molecular weight excluding hydrogens is 164 g/mol. The van der Waals surface area contributed by atoms with Gasteiger partial charge in [0, 0.05) is 5.75 Å². The largest absolute Gasteiger partial charge is 0.102 e. The van der Waals surface area contributed by atoms with E-state index in [1.165, 1.54) is 9.83 Å². The molecule has 0 aliphatic carbocycles. The molecule has 0 amide bonds. The Bertz CT molecular complexity index is 44.2. The molecule has 0 N–H and O–H groups in total. The summed E-state index contributed by atoms with van der Waals surface area (Å²) in [5.74, 6) is 0.998. The van der Waals surface area contributed by atoms with Crippen molar-refractivity contribution >= 4 is 42.1 Å². The topological polar surface area (TPSA) is 0 Å². The van der Waals surface area contributed by atoms with E-state index in [1.807, 2.05) is 6.08 Å². The third-order valence-corrected chi connectivity index (χ3v) is 4.73. The minimum absolute atomic E-state index is 0.998. The highest BCUT2D eigenvalue weighted by atomic mass is 33.7. The smallest absolute Gasteiger partial charge is 0.0223 e. The van der Waals surface area contributed by atoms with Crippen LogP contribution in [0.2, 0.25) is 0 Å². The first-order valence-electron chi connectivity index (χ1n) is 1.62. The van der Waals surface area contributed by atoms with Gasteiger partial charge in [-0.2, -0.15) is 0 Å². The lowest BCUT2D eigenvalue weighted by atomic mass is 10.8. The van der Waals surface area contributed by atoms with Crippen LogP contribution in [0.5, 0.6) is 0 Å². The van der Waals surface area contributed by atoms with Crippen molar-refractivity contribution in [2.24, 2.45) is 0 Å². The fourth-order valence-electron chi connectivity index (χ4n) is 0.0974. The highest BCUT2D eigenvalue weighted by Gasteiger charge is 1.79. The molecule has 4 heteroatoms. The van der Waals surface area contributed by atoms with E-state index in [2.05, 4.69) is 18.2 Å². The van der Waals surface area contributed by atoms with Gasteiger partial charge in [0.2, 0.25) is 0 Å². The van der Waals surface area contributed by atoms with Gasteiger partial charge in [-0.3, -0.25) is 0 Å². The first kappa shape index (κ1) is 8.14. The lowest BCUT2D eigenvalue weighted by molar-refractivity contribution is 1.84. The molecule has 0 aliphatic heterocycles. The van der Waals surface area contributed by atoms with Crippen LogP contribution in [0.25, 0.3) is 0 Å². The highest BCUT2D eigenvalue weighted by molar-refractivity contribution is 9.23. The summed E-state index contributed by atoms with van der Waals surface area (Å²) in [6.07, 6.45) is 1.88. The minimum atomic E-state index is 0.998. The van der Waals surface area contributed by atoms with E-state index in [-0.39, 0.29) is 0 Å². The van der Waals surface area contributed by atoms with E-state index >= 15 is 0 Å². The monoisotopic (exact) mass is 170 g/mol. The maximum Gasteiger partial charge on any atom is 0.0223 e. The first-order chi connectivity index (χ1) is 3.41. The van der Waals surface area contributed by atoms with Gasteiger partial charge in [0.05, 0.1) is 0 Å². The zero-order chi connectivity index (χ0) is 5.54. The molecule has 0 nitrogen and oxygen atoms in total. The molecule has 0 saturated carbocycles. The second-order valence-electron chi connectivity index (χ2n) is 0.716. The molecule has 0 aromatic heterocycles. The van der Waals surface area contributed by atoms with Crippen molar-refractivity contribution in [3.05, 3.63) is 12.7 Å². The maximum atomic E-state index is 3.92. The summed E-state index contributed by atoms with van der Waals surface area (Å²) in [4.78, 5) is 0. The van der Waals surface area contributed by atoms with Crippen molar-refractivity contribution in [3.8, 4) is 0 Å². The van der Waals surface area contributed by atoms with Crippen LogP contribution >= 0.6 is 42.1 Å². The third kappa shape index (κ3) is 7.14. The Morgan fingerprint density at radius 2 is 2.43 bits per heavy atom. The van der Waals surface area contributed by atoms with Gasteiger partial charge in [-0.15, -0.1) is 6.58 Å². The summed E-state index contributed by atoms with van der Waals surface area (Å²) < 4.78 is 0. The van der Waals surface area contributed by atoms with Crippen LogP contribution in [0.15, 0.2) is 12.7 Å². The Kier molecular flexibility index (Phi) is 8.30. The molecule has 0 spiro atoms. The van der Waals surface area contributed by atoms with E-state index in [1.54, 1.807) is 20.6 Å². The summed E-state index contributed by atoms with van der Waals surface area (Å²) in [6.45, 7) is 3.56. The standard InChI is InChI=1S/C3H6S4/c1-2-3-5-7-6-4/h2,4H,1,3H2. The average Bonchev–Trinajstić information content (AvgIpc) is 1.69. The summed E-state index contributed by atoms with van der Waals surface area (Å²) in [5, 5.41) is 0. The first-order valence-corrected chi connectivity index (χ1v) is 6.33. The summed E-state index contributed by atoms with van der Waals surface area (Å²) >= 11 is 3.92. The quantitative estimate of drug-likeness (QED) is 0.298. The molecule has 0 aliphatic rings. The summed E-state index contributed by atoms with van der Waals surface area (Å²) in [5.41, 5.74) is 0. The number of hydrogen-bond donors (Lipinski definition) is 1. The molecule has 0 radical (unpaired) electrons. The van der Waals surface area contributed by atoms with Gasteiger partial charge < -0.3 is 0 Å². The highest BCUT2D eigenvalue weighted by Crippen LogP contribution is 2.36. The third-order valence-electron chi connectivity index (χ3n) is 0.264. The Balaban J connectivity index is 2.56. The molecule has 0 rings (SSSR count). The second kappa shape index (κ2) is 7.14. The predicted molar refractivity (Wildman–Crippen MR) is 46.8 cm³/mol. The second-order valence-corrected chi connectivity index (χ2v) is 5.70. The van der Waals surface area contributed by atoms with Gasteiger partial charge in [-0.25, -0.2) is 0 Å². The van der Waals surface area contributed by atoms with E-state index in [4.69, 9.17) is 0 Å². The normalized spacial score (nSPS) is 8.71. The van der Waals surface area contributed by atoms with E-state index in [0.717, 1.165) is 5.75 Å². The molecule has 42 valence electrons. The molecule has 0 saturated heterocycles. The van der Waals surface area contributed by atoms with E-state index in [9.17, 15) is 0 Å². The molecule has 7 heavy (non-hydrogen) atoms. The van der Waals surface area contributed by atoms with Gasteiger partial charge in [0.1, 0.15) is 0 Å². The number of thiol groups is 1. The van der Waals surface area contributed by atoms with E-state index in [0.29, 0.717) is 0 Å². The molecule has 0 bridgehead atoms. The van der Waals surface area contributed by atoms with Crippen LogP contribution in [0, 0.1) is 0 Å². The van der Waals surface area contributed by atoms with Crippen LogP contribution in [0.3, 0.4) is 0 Å². The Hall–Kier alpha value is 1.14. The van der Waals surface area contributed by atoms with Crippen molar-refractivity contribution in [1.29, 1.82) is 0 Å². The van der Waals surface area contributed by atoms with Gasteiger partial charge in [0.25, 0.3) is 0 Å². The lowest BCUT2D eigenvalue weighted by Gasteiger charge is -1.85. The maximum absolute atomic E-state index is 3.92. The molecule has 0 atom stereocenters. The predicted octanol–water partition coefficient (Wildman–Crippen LogP) is 3.05. The molecule has 0 aromatic carbocycles. The fraction of sp³-hybridized carbons (Fsp3) is 0.333. The lowest BCUT2D eigenvalue weighted by Crippen LogP contribution is -1.55. The Labute approximate surface area is 60.5 Å². The zero-order valence-electron chi connectivity index (χ0n) is 3.66. The Morgan fingerprint density at radius 3 is 2.86 bits per heavy atom. The van der Waals surface area contributed by atoms with Crippen molar-refractivity contribution in [1.82, 2.24) is 0 Å². The molecular formula is C3H6S4. The van der Waals surface area contributed by atoms with Crippen LogP contribution < -0.4 is 0 Å². The summed E-state index contributed by atoms with van der Waals surface area (Å²) in [7, 11) is 4.87. The fourth-order valence-corrected chi connectivity index (χ4v) is 2.93. The van der Waals surface area contributed by atoms with Crippen molar-refractivity contribution in [3.63, 3.8) is 0 Å². The van der Waals surface area contributed by atoms with Crippen LogP contribution in [-0.4, -0.2) is 5.75 Å². The SMILES string of the molecule is C=CCSSSS. The Morgan fingerprint density at radius 1 is 1.71 bits per heavy atom. The molecule has 0 unspecified atom stereocenters. The average molecular weight is 170 g/mol. The van der Waals surface area contributed by atoms with Crippen LogP contribution in [-0.2, 0) is 0 Å². The van der Waals surface area contributed by atoms with Crippen LogP contribution in [0.1, 0.15) is 0 Å². The van der Waals surface area contributed by atoms with Crippen molar-refractivity contribution in [2.75, 3.05) is 5.75 Å². The van der Waals surface area contributed by atoms with Crippen LogP contribution in [0.4, 0.5) is 0 Å². The summed E-state index contributed by atoms with van der Waals surface area (Å²) in [6, 6.07) is 0. The van der Waals surface area contributed by atoms with Crippen molar-refractivity contribution < 1.29 is 0 Å². The minimum Gasteiger partial charge on any atom is -0.102 e. The molecule has 0 aromatic rings. The number of hydrogen-bond acceptors (Lipinski definition) is 4. The molecule has 0 fully saturated rings. The van der Waals surface area contributed by atoms with Gasteiger partial charge >= 0.3 is 0 Å². The van der Waals surface area contributed by atoms with Gasteiger partial charge in [-0.05, 0) is 19.7 Å². The zero-order valence-corrected chi connectivity index (χ0v) is 7.01.